The molecule has 1 heterocycles. The lowest BCUT2D eigenvalue weighted by atomic mass is 10.1. The lowest BCUT2D eigenvalue weighted by Gasteiger charge is -2.15. The van der Waals surface area contributed by atoms with E-state index >= 15 is 0 Å². The van der Waals surface area contributed by atoms with E-state index in [2.05, 4.69) is 17.2 Å². The van der Waals surface area contributed by atoms with E-state index in [4.69, 9.17) is 4.74 Å². The van der Waals surface area contributed by atoms with Gasteiger partial charge in [-0.25, -0.2) is 0 Å². The lowest BCUT2D eigenvalue weighted by Crippen LogP contribution is -2.18. The van der Waals surface area contributed by atoms with Crippen LogP contribution in [0, 0.1) is 0 Å². The predicted octanol–water partition coefficient (Wildman–Crippen LogP) is 2.65. The molecule has 0 aliphatic heterocycles. The number of benzene rings is 1. The van der Waals surface area contributed by atoms with Crippen LogP contribution in [0.4, 0.5) is 0 Å². The maximum absolute atomic E-state index is 9.57. The molecule has 0 spiro atoms. The number of phenols is 1. The van der Waals surface area contributed by atoms with Gasteiger partial charge in [-0.1, -0.05) is 12.1 Å². The first-order chi connectivity index (χ1) is 9.20. The number of phenolic OH excluding ortho intramolecular Hbond substituents is 1. The average Bonchev–Trinajstić information content (AvgIpc) is 2.46. The van der Waals surface area contributed by atoms with Crippen LogP contribution in [0.15, 0.2) is 42.6 Å². The average molecular weight is 258 g/mol. The van der Waals surface area contributed by atoms with E-state index in [1.165, 1.54) is 0 Å². The van der Waals surface area contributed by atoms with Gasteiger partial charge in [0.05, 0.1) is 12.8 Å². The van der Waals surface area contributed by atoms with E-state index in [1.54, 1.807) is 19.4 Å². The van der Waals surface area contributed by atoms with Gasteiger partial charge in [-0.2, -0.15) is 0 Å². The third kappa shape index (κ3) is 3.45. The second kappa shape index (κ2) is 6.20. The fraction of sp³-hybridized carbons (Fsp3) is 0.267. The Morgan fingerprint density at radius 2 is 2.16 bits per heavy atom. The van der Waals surface area contributed by atoms with Crippen molar-refractivity contribution >= 4 is 0 Å². The van der Waals surface area contributed by atoms with E-state index in [0.29, 0.717) is 12.3 Å². The standard InChI is InChI=1S/C15H18N2O2/c1-11(17-10-13-5-3-4-8-16-13)12-6-7-14(18)15(9-12)19-2/h3-9,11,17-18H,10H2,1-2H3. The number of pyridine rings is 1. The molecule has 2 N–H and O–H groups in total. The first kappa shape index (κ1) is 13.4. The highest BCUT2D eigenvalue weighted by atomic mass is 16.5. The van der Waals surface area contributed by atoms with Crippen molar-refractivity contribution in [3.05, 3.63) is 53.9 Å². The van der Waals surface area contributed by atoms with Crippen molar-refractivity contribution < 1.29 is 9.84 Å². The zero-order valence-electron chi connectivity index (χ0n) is 11.1. The Bertz CT molecular complexity index is 529. The molecule has 1 atom stereocenters. The molecular weight excluding hydrogens is 240 g/mol. The summed E-state index contributed by atoms with van der Waals surface area (Å²) in [5.74, 6) is 0.646. The Kier molecular flexibility index (Phi) is 4.36. The van der Waals surface area contributed by atoms with Crippen molar-refractivity contribution in [2.24, 2.45) is 0 Å². The summed E-state index contributed by atoms with van der Waals surface area (Å²) in [5.41, 5.74) is 2.06. The molecule has 0 bridgehead atoms. The molecule has 1 aromatic heterocycles. The van der Waals surface area contributed by atoms with E-state index < -0.39 is 0 Å². The largest absolute Gasteiger partial charge is 0.504 e. The normalized spacial score (nSPS) is 12.1. The van der Waals surface area contributed by atoms with Gasteiger partial charge in [0, 0.05) is 18.8 Å². The number of methoxy groups -OCH3 is 1. The molecular formula is C15H18N2O2. The highest BCUT2D eigenvalue weighted by Crippen LogP contribution is 2.28. The molecule has 0 aliphatic rings. The minimum atomic E-state index is 0.150. The number of nitrogens with zero attached hydrogens (tertiary/aromatic N) is 1. The van der Waals surface area contributed by atoms with Gasteiger partial charge in [0.15, 0.2) is 11.5 Å². The van der Waals surface area contributed by atoms with Crippen LogP contribution in [0.25, 0.3) is 0 Å². The van der Waals surface area contributed by atoms with Gasteiger partial charge >= 0.3 is 0 Å². The molecule has 0 amide bonds. The summed E-state index contributed by atoms with van der Waals surface area (Å²) in [6.45, 7) is 2.76. The number of ether oxygens (including phenoxy) is 1. The fourth-order valence-corrected chi connectivity index (χ4v) is 1.84. The maximum atomic E-state index is 9.57. The summed E-state index contributed by atoms with van der Waals surface area (Å²) in [6, 6.07) is 11.4. The summed E-state index contributed by atoms with van der Waals surface area (Å²) in [4.78, 5) is 4.27. The highest BCUT2D eigenvalue weighted by Gasteiger charge is 2.09. The Morgan fingerprint density at radius 1 is 1.32 bits per heavy atom. The first-order valence-corrected chi connectivity index (χ1v) is 6.21. The molecule has 0 radical (unpaired) electrons. The van der Waals surface area contributed by atoms with Crippen molar-refractivity contribution in [1.29, 1.82) is 0 Å². The molecule has 1 unspecified atom stereocenters. The van der Waals surface area contributed by atoms with Crippen molar-refractivity contribution in [2.45, 2.75) is 19.5 Å². The molecule has 4 nitrogen and oxygen atoms in total. The summed E-state index contributed by atoms with van der Waals surface area (Å²) >= 11 is 0. The smallest absolute Gasteiger partial charge is 0.160 e. The second-order valence-corrected chi connectivity index (χ2v) is 4.35. The molecule has 4 heteroatoms. The predicted molar refractivity (Wildman–Crippen MR) is 74.2 cm³/mol. The summed E-state index contributed by atoms with van der Waals surface area (Å²) < 4.78 is 5.11. The number of hydrogen-bond acceptors (Lipinski definition) is 4. The molecule has 0 saturated carbocycles. The maximum Gasteiger partial charge on any atom is 0.160 e. The number of nitrogens with one attached hydrogen (secondary N) is 1. The number of hydrogen-bond donors (Lipinski definition) is 2. The van der Waals surface area contributed by atoms with Crippen molar-refractivity contribution in [3.63, 3.8) is 0 Å². The molecule has 0 fully saturated rings. The van der Waals surface area contributed by atoms with Crippen LogP contribution < -0.4 is 10.1 Å². The lowest BCUT2D eigenvalue weighted by molar-refractivity contribution is 0.372. The third-order valence-electron chi connectivity index (χ3n) is 3.02. The van der Waals surface area contributed by atoms with Crippen LogP contribution in [0.2, 0.25) is 0 Å². The summed E-state index contributed by atoms with van der Waals surface area (Å²) in [6.07, 6.45) is 1.78. The van der Waals surface area contributed by atoms with Crippen molar-refractivity contribution in [3.8, 4) is 11.5 Å². The summed E-state index contributed by atoms with van der Waals surface area (Å²) in [5, 5.41) is 13.0. The van der Waals surface area contributed by atoms with E-state index in [0.717, 1.165) is 11.3 Å². The van der Waals surface area contributed by atoms with Crippen molar-refractivity contribution in [1.82, 2.24) is 10.3 Å². The van der Waals surface area contributed by atoms with Gasteiger partial charge < -0.3 is 15.2 Å². The Hall–Kier alpha value is -2.07. The van der Waals surface area contributed by atoms with E-state index in [-0.39, 0.29) is 11.8 Å². The minimum absolute atomic E-state index is 0.150. The van der Waals surface area contributed by atoms with Gasteiger partial charge in [-0.05, 0) is 36.8 Å². The van der Waals surface area contributed by atoms with Gasteiger partial charge in [-0.3, -0.25) is 4.98 Å². The van der Waals surface area contributed by atoms with Crippen LogP contribution in [-0.2, 0) is 6.54 Å². The fourth-order valence-electron chi connectivity index (χ4n) is 1.84. The molecule has 2 rings (SSSR count). The Labute approximate surface area is 113 Å². The number of aromatic hydroxyl groups is 1. The van der Waals surface area contributed by atoms with Gasteiger partial charge in [0.25, 0.3) is 0 Å². The molecule has 100 valence electrons. The third-order valence-corrected chi connectivity index (χ3v) is 3.02. The molecule has 1 aromatic carbocycles. The van der Waals surface area contributed by atoms with Gasteiger partial charge in [0.2, 0.25) is 0 Å². The number of rotatable bonds is 5. The molecule has 0 aliphatic carbocycles. The first-order valence-electron chi connectivity index (χ1n) is 6.21. The van der Waals surface area contributed by atoms with E-state index in [1.807, 2.05) is 30.3 Å². The van der Waals surface area contributed by atoms with Crippen molar-refractivity contribution in [2.75, 3.05) is 7.11 Å². The van der Waals surface area contributed by atoms with Crippen LogP contribution in [0.3, 0.4) is 0 Å². The zero-order valence-corrected chi connectivity index (χ0v) is 11.1. The minimum Gasteiger partial charge on any atom is -0.504 e. The SMILES string of the molecule is COc1cc(C(C)NCc2ccccn2)ccc1O. The zero-order chi connectivity index (χ0) is 13.7. The monoisotopic (exact) mass is 258 g/mol. The van der Waals surface area contributed by atoms with Gasteiger partial charge in [0.1, 0.15) is 0 Å². The Morgan fingerprint density at radius 3 is 2.84 bits per heavy atom. The number of aromatic nitrogens is 1. The molecule has 0 saturated heterocycles. The highest BCUT2D eigenvalue weighted by molar-refractivity contribution is 5.42. The van der Waals surface area contributed by atoms with Crippen LogP contribution in [0.5, 0.6) is 11.5 Å². The quantitative estimate of drug-likeness (QED) is 0.865. The van der Waals surface area contributed by atoms with Crippen LogP contribution in [-0.4, -0.2) is 17.2 Å². The topological polar surface area (TPSA) is 54.4 Å². The molecule has 2 aromatic rings. The Balaban J connectivity index is 2.02. The van der Waals surface area contributed by atoms with Gasteiger partial charge in [-0.15, -0.1) is 0 Å². The van der Waals surface area contributed by atoms with E-state index in [9.17, 15) is 5.11 Å². The second-order valence-electron chi connectivity index (χ2n) is 4.35. The summed E-state index contributed by atoms with van der Waals surface area (Å²) in [7, 11) is 1.55. The van der Waals surface area contributed by atoms with Crippen LogP contribution in [0.1, 0.15) is 24.2 Å². The van der Waals surface area contributed by atoms with Crippen LogP contribution >= 0.6 is 0 Å². The molecule has 19 heavy (non-hydrogen) atoms.